The van der Waals surface area contributed by atoms with Gasteiger partial charge < -0.3 is 0 Å². The summed E-state index contributed by atoms with van der Waals surface area (Å²) in [6.07, 6.45) is 0.856. The Bertz CT molecular complexity index is 532. The Labute approximate surface area is 99.7 Å². The van der Waals surface area contributed by atoms with E-state index in [-0.39, 0.29) is 0 Å². The quantitative estimate of drug-likeness (QED) is 0.709. The Hall–Kier alpha value is -1.60. The van der Waals surface area contributed by atoms with Gasteiger partial charge in [0.2, 0.25) is 0 Å². The van der Waals surface area contributed by atoms with Gasteiger partial charge in [-0.15, -0.1) is 0 Å². The predicted octanol–water partition coefficient (Wildman–Crippen LogP) is 4.13. The van der Waals surface area contributed by atoms with Crippen molar-refractivity contribution in [3.05, 3.63) is 58.6 Å². The van der Waals surface area contributed by atoms with Crippen LogP contribution in [0.3, 0.4) is 0 Å². The van der Waals surface area contributed by atoms with Crippen LogP contribution >= 0.6 is 11.6 Å². The molecule has 0 N–H and O–H groups in total. The Morgan fingerprint density at radius 2 is 1.94 bits per heavy atom. The minimum absolute atomic E-state index is 0.697. The van der Waals surface area contributed by atoms with E-state index in [4.69, 9.17) is 11.6 Å². The molecule has 0 bridgehead atoms. The van der Waals surface area contributed by atoms with Gasteiger partial charge in [-0.25, -0.2) is 0 Å². The first-order chi connectivity index (χ1) is 7.70. The molecule has 2 rings (SSSR count). The van der Waals surface area contributed by atoms with Crippen LogP contribution in [0.15, 0.2) is 42.5 Å². The Balaban J connectivity index is 2.52. The molecule has 0 radical (unpaired) electrons. The molecule has 80 valence electrons. The third-order valence-electron chi connectivity index (χ3n) is 2.52. The lowest BCUT2D eigenvalue weighted by molar-refractivity contribution is 0.112. The molecular weight excluding hydrogens is 220 g/mol. The minimum Gasteiger partial charge on any atom is -0.298 e. The molecule has 0 heterocycles. The maximum Gasteiger partial charge on any atom is 0.150 e. The number of aldehydes is 1. The molecule has 0 aromatic heterocycles. The van der Waals surface area contributed by atoms with Gasteiger partial charge in [0, 0.05) is 10.6 Å². The van der Waals surface area contributed by atoms with E-state index in [1.165, 1.54) is 0 Å². The second-order valence-electron chi connectivity index (χ2n) is 3.70. The van der Waals surface area contributed by atoms with E-state index >= 15 is 0 Å². The second-order valence-corrected chi connectivity index (χ2v) is 4.14. The van der Waals surface area contributed by atoms with E-state index in [0.29, 0.717) is 5.56 Å². The normalized spacial score (nSPS) is 10.1. The first-order valence-corrected chi connectivity index (χ1v) is 5.40. The maximum atomic E-state index is 10.6. The number of aryl methyl sites for hydroxylation is 1. The standard InChI is InChI=1S/C14H11ClO/c1-10-7-11(9-16)5-6-14(10)12-3-2-4-13(15)8-12/h2-9H,1H3. The van der Waals surface area contributed by atoms with Crippen LogP contribution in [-0.4, -0.2) is 6.29 Å². The molecule has 0 unspecified atom stereocenters. The van der Waals surface area contributed by atoms with Crippen LogP contribution < -0.4 is 0 Å². The summed E-state index contributed by atoms with van der Waals surface area (Å²) in [4.78, 5) is 10.6. The van der Waals surface area contributed by atoms with Gasteiger partial charge in [0.25, 0.3) is 0 Å². The Morgan fingerprint density at radius 1 is 1.12 bits per heavy atom. The Morgan fingerprint density at radius 3 is 2.56 bits per heavy atom. The lowest BCUT2D eigenvalue weighted by atomic mass is 9.99. The molecule has 1 nitrogen and oxygen atoms in total. The van der Waals surface area contributed by atoms with Gasteiger partial charge in [-0.3, -0.25) is 4.79 Å². The third kappa shape index (κ3) is 2.15. The molecule has 16 heavy (non-hydrogen) atoms. The van der Waals surface area contributed by atoms with Crippen molar-refractivity contribution in [2.24, 2.45) is 0 Å². The van der Waals surface area contributed by atoms with Crippen LogP contribution in [0.2, 0.25) is 5.02 Å². The van der Waals surface area contributed by atoms with Crippen molar-refractivity contribution in [1.82, 2.24) is 0 Å². The highest BCUT2D eigenvalue weighted by Gasteiger charge is 2.03. The first-order valence-electron chi connectivity index (χ1n) is 5.02. The molecule has 0 atom stereocenters. The van der Waals surface area contributed by atoms with Crippen LogP contribution in [0.1, 0.15) is 15.9 Å². The largest absolute Gasteiger partial charge is 0.298 e. The van der Waals surface area contributed by atoms with Crippen LogP contribution in [0, 0.1) is 6.92 Å². The molecule has 0 fully saturated rings. The highest BCUT2D eigenvalue weighted by molar-refractivity contribution is 6.30. The van der Waals surface area contributed by atoms with E-state index in [1.54, 1.807) is 0 Å². The molecule has 0 saturated heterocycles. The zero-order chi connectivity index (χ0) is 11.5. The molecule has 2 aromatic carbocycles. The number of carbonyl (C=O) groups is 1. The number of halogens is 1. The number of hydrogen-bond donors (Lipinski definition) is 0. The molecule has 0 saturated carbocycles. The number of benzene rings is 2. The molecule has 0 aliphatic carbocycles. The summed E-state index contributed by atoms with van der Waals surface area (Å²) >= 11 is 5.95. The topological polar surface area (TPSA) is 17.1 Å². The predicted molar refractivity (Wildman–Crippen MR) is 67.0 cm³/mol. The lowest BCUT2D eigenvalue weighted by Gasteiger charge is -2.06. The fourth-order valence-corrected chi connectivity index (χ4v) is 1.93. The van der Waals surface area contributed by atoms with Crippen LogP contribution in [-0.2, 0) is 0 Å². The van der Waals surface area contributed by atoms with E-state index in [2.05, 4.69) is 0 Å². The molecular formula is C14H11ClO. The summed E-state index contributed by atoms with van der Waals surface area (Å²) in [5.41, 5.74) is 3.95. The van der Waals surface area contributed by atoms with E-state index in [9.17, 15) is 4.79 Å². The van der Waals surface area contributed by atoms with E-state index in [0.717, 1.165) is 28.0 Å². The third-order valence-corrected chi connectivity index (χ3v) is 2.76. The number of rotatable bonds is 2. The van der Waals surface area contributed by atoms with Gasteiger partial charge in [0.15, 0.2) is 0 Å². The van der Waals surface area contributed by atoms with Crippen LogP contribution in [0.25, 0.3) is 11.1 Å². The smallest absolute Gasteiger partial charge is 0.150 e. The van der Waals surface area contributed by atoms with E-state index < -0.39 is 0 Å². The van der Waals surface area contributed by atoms with Crippen LogP contribution in [0.4, 0.5) is 0 Å². The summed E-state index contributed by atoms with van der Waals surface area (Å²) in [6.45, 7) is 1.99. The zero-order valence-electron chi connectivity index (χ0n) is 8.91. The molecule has 0 spiro atoms. The SMILES string of the molecule is Cc1cc(C=O)ccc1-c1cccc(Cl)c1. The van der Waals surface area contributed by atoms with Gasteiger partial charge >= 0.3 is 0 Å². The summed E-state index contributed by atoms with van der Waals surface area (Å²) in [6, 6.07) is 13.3. The fourth-order valence-electron chi connectivity index (χ4n) is 1.74. The fraction of sp³-hybridized carbons (Fsp3) is 0.0714. The highest BCUT2D eigenvalue weighted by atomic mass is 35.5. The molecule has 0 aliphatic rings. The monoisotopic (exact) mass is 230 g/mol. The lowest BCUT2D eigenvalue weighted by Crippen LogP contribution is -1.86. The van der Waals surface area contributed by atoms with Crippen molar-refractivity contribution in [1.29, 1.82) is 0 Å². The summed E-state index contributed by atoms with van der Waals surface area (Å²) < 4.78 is 0. The van der Waals surface area contributed by atoms with Crippen molar-refractivity contribution in [3.63, 3.8) is 0 Å². The maximum absolute atomic E-state index is 10.6. The van der Waals surface area contributed by atoms with Gasteiger partial charge in [0.1, 0.15) is 6.29 Å². The van der Waals surface area contributed by atoms with Crippen molar-refractivity contribution in [3.8, 4) is 11.1 Å². The van der Waals surface area contributed by atoms with Gasteiger partial charge in [0.05, 0.1) is 0 Å². The van der Waals surface area contributed by atoms with Gasteiger partial charge in [-0.1, -0.05) is 35.9 Å². The second kappa shape index (κ2) is 4.50. The highest BCUT2D eigenvalue weighted by Crippen LogP contribution is 2.26. The first kappa shape index (κ1) is 10.9. The van der Waals surface area contributed by atoms with E-state index in [1.807, 2.05) is 49.4 Å². The summed E-state index contributed by atoms with van der Waals surface area (Å²) in [7, 11) is 0. The Kier molecular flexibility index (Phi) is 3.07. The molecule has 2 heteroatoms. The number of carbonyl (C=O) groups excluding carboxylic acids is 1. The summed E-state index contributed by atoms with van der Waals surface area (Å²) in [5, 5.41) is 0.719. The van der Waals surface area contributed by atoms with Crippen LogP contribution in [0.5, 0.6) is 0 Å². The molecule has 2 aromatic rings. The van der Waals surface area contributed by atoms with Crippen molar-refractivity contribution in [2.45, 2.75) is 6.92 Å². The average Bonchev–Trinajstić information content (AvgIpc) is 2.28. The minimum atomic E-state index is 0.697. The zero-order valence-corrected chi connectivity index (χ0v) is 9.66. The summed E-state index contributed by atoms with van der Waals surface area (Å²) in [5.74, 6) is 0. The molecule has 0 aliphatic heterocycles. The van der Waals surface area contributed by atoms with Gasteiger partial charge in [-0.2, -0.15) is 0 Å². The average molecular weight is 231 g/mol. The van der Waals surface area contributed by atoms with Gasteiger partial charge in [-0.05, 0) is 41.8 Å². The molecule has 0 amide bonds. The number of hydrogen-bond acceptors (Lipinski definition) is 1. The van der Waals surface area contributed by atoms with Crippen molar-refractivity contribution in [2.75, 3.05) is 0 Å². The van der Waals surface area contributed by atoms with Crippen molar-refractivity contribution < 1.29 is 4.79 Å². The van der Waals surface area contributed by atoms with Crippen molar-refractivity contribution >= 4 is 17.9 Å².